The lowest BCUT2D eigenvalue weighted by Crippen LogP contribution is -2.50. The molecule has 14 nitrogen and oxygen atoms in total. The smallest absolute Gasteiger partial charge is 0.418 e. The maximum absolute atomic E-state index is 12.5. The van der Waals surface area contributed by atoms with Crippen LogP contribution in [0.15, 0.2) is 0 Å². The van der Waals surface area contributed by atoms with Crippen LogP contribution in [0.4, 0.5) is 9.59 Å². The molecule has 3 aliphatic rings. The van der Waals surface area contributed by atoms with E-state index in [-0.39, 0.29) is 38.4 Å². The highest BCUT2D eigenvalue weighted by atomic mass is 32.3. The van der Waals surface area contributed by atoms with Gasteiger partial charge in [-0.1, -0.05) is 0 Å². The molecular formula is C19H32N4O10S. The predicted octanol–water partition coefficient (Wildman–Crippen LogP) is 0.453. The van der Waals surface area contributed by atoms with Crippen molar-refractivity contribution in [1.29, 1.82) is 0 Å². The lowest BCUT2D eigenvalue weighted by Gasteiger charge is -2.34. The zero-order chi connectivity index (χ0) is 25.1. The first-order chi connectivity index (χ1) is 15.8. The van der Waals surface area contributed by atoms with E-state index in [1.807, 2.05) is 20.8 Å². The Hall–Kier alpha value is -2.20. The van der Waals surface area contributed by atoms with E-state index < -0.39 is 40.0 Å². The van der Waals surface area contributed by atoms with Crippen molar-refractivity contribution in [2.45, 2.75) is 70.2 Å². The van der Waals surface area contributed by atoms with Gasteiger partial charge in [-0.15, -0.1) is 4.28 Å². The minimum atomic E-state index is -4.85. The van der Waals surface area contributed by atoms with E-state index in [2.05, 4.69) is 9.76 Å². The lowest BCUT2D eigenvalue weighted by atomic mass is 10.0. The standard InChI is InChI=1S/C19H32N4O10S/c1-19(2,3)32-18(26)21-8-4-5-14(12-21)30-9-10-31-20-16(24)15-7-6-13-11-22(15)17(25)23(13)33-34(27,28)29/h13-15H,4-12H2,1-3H3,(H,20,24)(H,27,28,29)/t13-,14?,15+/m1/s1. The summed E-state index contributed by atoms with van der Waals surface area (Å²) in [7, 11) is -4.85. The first-order valence-electron chi connectivity index (χ1n) is 11.1. The first-order valence-corrected chi connectivity index (χ1v) is 12.5. The molecule has 3 saturated heterocycles. The van der Waals surface area contributed by atoms with Crippen LogP contribution in [0.1, 0.15) is 46.5 Å². The zero-order valence-electron chi connectivity index (χ0n) is 19.5. The fraction of sp³-hybridized carbons (Fsp3) is 0.842. The van der Waals surface area contributed by atoms with Gasteiger partial charge < -0.3 is 19.3 Å². The van der Waals surface area contributed by atoms with E-state index in [0.29, 0.717) is 24.6 Å². The van der Waals surface area contributed by atoms with Crippen LogP contribution in [0.2, 0.25) is 0 Å². The highest BCUT2D eigenvalue weighted by Crippen LogP contribution is 2.30. The molecule has 4 amide bonds. The molecule has 3 rings (SSSR count). The van der Waals surface area contributed by atoms with E-state index in [1.165, 1.54) is 4.90 Å². The largest absolute Gasteiger partial charge is 0.444 e. The summed E-state index contributed by atoms with van der Waals surface area (Å²) in [6.07, 6.45) is 1.61. The molecule has 2 bridgehead atoms. The van der Waals surface area contributed by atoms with Crippen molar-refractivity contribution in [3.8, 4) is 0 Å². The molecule has 3 atom stereocenters. The van der Waals surface area contributed by atoms with Crippen molar-refractivity contribution >= 4 is 28.4 Å². The number of hydroxylamine groups is 3. The highest BCUT2D eigenvalue weighted by molar-refractivity contribution is 7.80. The van der Waals surface area contributed by atoms with Crippen LogP contribution in [0, 0.1) is 0 Å². The average Bonchev–Trinajstić information content (AvgIpc) is 2.96. The molecule has 0 aliphatic carbocycles. The third-order valence-electron chi connectivity index (χ3n) is 5.54. The number of carbonyl (C=O) groups is 3. The Kier molecular flexibility index (Phi) is 8.23. The van der Waals surface area contributed by atoms with Gasteiger partial charge in [0.05, 0.1) is 31.9 Å². The molecule has 3 aliphatic heterocycles. The maximum atomic E-state index is 12.5. The molecule has 0 radical (unpaired) electrons. The normalized spacial score (nSPS) is 25.5. The van der Waals surface area contributed by atoms with Crippen LogP contribution in [0.5, 0.6) is 0 Å². The van der Waals surface area contributed by atoms with Crippen LogP contribution >= 0.6 is 0 Å². The number of piperidine rings is 2. The maximum Gasteiger partial charge on any atom is 0.418 e. The van der Waals surface area contributed by atoms with Crippen molar-refractivity contribution < 1.29 is 45.9 Å². The Morgan fingerprint density at radius 2 is 1.88 bits per heavy atom. The Balaban J connectivity index is 1.37. The van der Waals surface area contributed by atoms with Gasteiger partial charge in [-0.05, 0) is 46.5 Å². The molecule has 15 heteroatoms. The van der Waals surface area contributed by atoms with Crippen LogP contribution in [-0.4, -0.2) is 103 Å². The molecule has 0 aromatic heterocycles. The minimum Gasteiger partial charge on any atom is -0.444 e. The Bertz CT molecular complexity index is 877. The molecule has 194 valence electrons. The molecule has 1 unspecified atom stereocenters. The Morgan fingerprint density at radius 3 is 2.56 bits per heavy atom. The molecule has 3 fully saturated rings. The van der Waals surface area contributed by atoms with Crippen LogP contribution in [0.3, 0.4) is 0 Å². The van der Waals surface area contributed by atoms with Crippen molar-refractivity contribution in [2.75, 3.05) is 32.8 Å². The molecule has 0 saturated carbocycles. The molecule has 0 spiro atoms. The molecular weight excluding hydrogens is 476 g/mol. The summed E-state index contributed by atoms with van der Waals surface area (Å²) >= 11 is 0. The van der Waals surface area contributed by atoms with Gasteiger partial charge in [-0.3, -0.25) is 14.2 Å². The van der Waals surface area contributed by atoms with Crippen molar-refractivity contribution in [1.82, 2.24) is 20.3 Å². The molecule has 0 aromatic rings. The molecule has 0 aromatic carbocycles. The summed E-state index contributed by atoms with van der Waals surface area (Å²) in [4.78, 5) is 45.0. The fourth-order valence-corrected chi connectivity index (χ4v) is 4.51. The van der Waals surface area contributed by atoms with Crippen molar-refractivity contribution in [3.63, 3.8) is 0 Å². The monoisotopic (exact) mass is 508 g/mol. The SMILES string of the molecule is CC(C)(C)OC(=O)N1CCCC(OCCONC(=O)[C@@H]2CC[C@@H]3CN2C(=O)N3OS(=O)(=O)O)C1. The van der Waals surface area contributed by atoms with Gasteiger partial charge in [-0.2, -0.15) is 13.5 Å². The third kappa shape index (κ3) is 7.15. The van der Waals surface area contributed by atoms with Gasteiger partial charge in [0.1, 0.15) is 11.6 Å². The number of nitrogens with zero attached hydrogens (tertiary/aromatic N) is 3. The van der Waals surface area contributed by atoms with Crippen molar-refractivity contribution in [2.24, 2.45) is 0 Å². The van der Waals surface area contributed by atoms with E-state index in [9.17, 15) is 22.8 Å². The van der Waals surface area contributed by atoms with Gasteiger partial charge in [-0.25, -0.2) is 15.1 Å². The number of nitrogens with one attached hydrogen (secondary N) is 1. The summed E-state index contributed by atoms with van der Waals surface area (Å²) < 4.78 is 46.2. The molecule has 34 heavy (non-hydrogen) atoms. The second-order valence-corrected chi connectivity index (χ2v) is 10.4. The number of likely N-dealkylation sites (tertiary alicyclic amines) is 1. The van der Waals surface area contributed by atoms with Gasteiger partial charge in [0, 0.05) is 13.1 Å². The summed E-state index contributed by atoms with van der Waals surface area (Å²) in [6.45, 7) is 6.75. The Labute approximate surface area is 198 Å². The number of rotatable bonds is 8. The van der Waals surface area contributed by atoms with E-state index >= 15 is 0 Å². The van der Waals surface area contributed by atoms with Crippen molar-refractivity contribution in [3.05, 3.63) is 0 Å². The topological polar surface area (TPSA) is 164 Å². The van der Waals surface area contributed by atoms with Crippen LogP contribution < -0.4 is 5.48 Å². The second kappa shape index (κ2) is 10.6. The predicted molar refractivity (Wildman–Crippen MR) is 114 cm³/mol. The number of urea groups is 1. The van der Waals surface area contributed by atoms with Gasteiger partial charge in [0.15, 0.2) is 0 Å². The lowest BCUT2D eigenvalue weighted by molar-refractivity contribution is -0.141. The fourth-order valence-electron chi connectivity index (χ4n) is 4.12. The van der Waals surface area contributed by atoms with E-state index in [1.54, 1.807) is 4.90 Å². The summed E-state index contributed by atoms with van der Waals surface area (Å²) in [6, 6.07) is -2.26. The summed E-state index contributed by atoms with van der Waals surface area (Å²) in [5.41, 5.74) is 1.71. The molecule has 2 N–H and O–H groups in total. The third-order valence-corrected chi connectivity index (χ3v) is 5.89. The average molecular weight is 509 g/mol. The summed E-state index contributed by atoms with van der Waals surface area (Å²) in [5.74, 6) is -0.561. The molecule has 3 heterocycles. The van der Waals surface area contributed by atoms with Gasteiger partial charge >= 0.3 is 22.5 Å². The number of carbonyl (C=O) groups excluding carboxylic acids is 3. The quantitative estimate of drug-likeness (QED) is 0.267. The number of hydrogen-bond donors (Lipinski definition) is 2. The van der Waals surface area contributed by atoms with E-state index in [4.69, 9.17) is 18.9 Å². The Morgan fingerprint density at radius 1 is 1.15 bits per heavy atom. The number of fused-ring (bicyclic) bond motifs is 2. The van der Waals surface area contributed by atoms with E-state index in [0.717, 1.165) is 12.8 Å². The second-order valence-electron chi connectivity index (χ2n) is 9.39. The minimum absolute atomic E-state index is 0.0515. The van der Waals surface area contributed by atoms with Crippen LogP contribution in [-0.2, 0) is 33.8 Å². The number of amides is 4. The zero-order valence-corrected chi connectivity index (χ0v) is 20.3. The summed E-state index contributed by atoms with van der Waals surface area (Å²) in [5, 5.41) is 0.571. The van der Waals surface area contributed by atoms with Gasteiger partial charge in [0.25, 0.3) is 5.91 Å². The van der Waals surface area contributed by atoms with Crippen LogP contribution in [0.25, 0.3) is 0 Å². The van der Waals surface area contributed by atoms with Gasteiger partial charge in [0.2, 0.25) is 0 Å². The number of ether oxygens (including phenoxy) is 2. The number of hydrogen-bond acceptors (Lipinski definition) is 9. The highest BCUT2D eigenvalue weighted by Gasteiger charge is 2.49. The first kappa shape index (κ1) is 26.4.